The molecule has 2 heteroatoms. The van der Waals surface area contributed by atoms with E-state index in [1.807, 2.05) is 0 Å². The fourth-order valence-corrected chi connectivity index (χ4v) is 4.40. The third-order valence-corrected chi connectivity index (χ3v) is 10.3. The van der Waals surface area contributed by atoms with E-state index in [2.05, 4.69) is 46.0 Å². The fourth-order valence-electron chi connectivity index (χ4n) is 2.65. The fraction of sp³-hybridized carbons (Fsp3) is 0.688. The molecule has 0 nitrogen and oxygen atoms in total. The zero-order valence-electron chi connectivity index (χ0n) is 12.7. The van der Waals surface area contributed by atoms with Gasteiger partial charge in [0.05, 0.1) is 8.07 Å². The minimum Gasteiger partial charge on any atom is -0.207 e. The van der Waals surface area contributed by atoms with E-state index in [4.69, 9.17) is 0 Å². The summed E-state index contributed by atoms with van der Waals surface area (Å²) in [5, 5.41) is 0.505. The van der Waals surface area contributed by atoms with Gasteiger partial charge in [-0.1, -0.05) is 65.6 Å². The summed E-state index contributed by atoms with van der Waals surface area (Å²) >= 11 is 0. The van der Waals surface area contributed by atoms with Crippen LogP contribution in [0, 0.1) is 0 Å². The molecule has 0 saturated heterocycles. The van der Waals surface area contributed by atoms with E-state index in [0.29, 0.717) is 5.04 Å². The Bertz CT molecular complexity index is 372. The maximum Gasteiger partial charge on any atom is 0.0550 e. The van der Waals surface area contributed by atoms with Gasteiger partial charge < -0.3 is 0 Å². The standard InChI is InChI=1S/C16H27Si.Ti/c1-16(2,3)17(4,5)12-13-10-14-8-6-7-9-15(14)11-13;/h10-11H,6-9,12H2,1-5H3;/q-1;. The van der Waals surface area contributed by atoms with Crippen LogP contribution in [-0.4, -0.2) is 8.07 Å². The molecule has 0 heterocycles. The van der Waals surface area contributed by atoms with E-state index in [9.17, 15) is 0 Å². The van der Waals surface area contributed by atoms with Gasteiger partial charge in [0, 0.05) is 21.7 Å². The molecule has 0 bridgehead atoms. The Morgan fingerprint density at radius 2 is 1.78 bits per heavy atom. The first-order valence-corrected chi connectivity index (χ1v) is 10.3. The third-order valence-electron chi connectivity index (χ3n) is 4.95. The Kier molecular flexibility index (Phi) is 5.20. The van der Waals surface area contributed by atoms with Gasteiger partial charge in [0.2, 0.25) is 0 Å². The van der Waals surface area contributed by atoms with Crippen LogP contribution >= 0.6 is 0 Å². The summed E-state index contributed by atoms with van der Waals surface area (Å²) in [5.74, 6) is 0. The second-order valence-electron chi connectivity index (χ2n) is 7.43. The summed E-state index contributed by atoms with van der Waals surface area (Å²) in [4.78, 5) is 0. The van der Waals surface area contributed by atoms with Crippen LogP contribution in [-0.2, 0) is 40.6 Å². The van der Waals surface area contributed by atoms with Crippen LogP contribution in [0.3, 0.4) is 0 Å². The molecule has 0 radical (unpaired) electrons. The van der Waals surface area contributed by atoms with Gasteiger partial charge in [-0.3, -0.25) is 0 Å². The molecule has 0 aliphatic heterocycles. The Hall–Kier alpha value is 0.281. The first-order valence-electron chi connectivity index (χ1n) is 7.07. The van der Waals surface area contributed by atoms with Gasteiger partial charge in [-0.05, 0) is 5.04 Å². The molecule has 1 aliphatic carbocycles. The Morgan fingerprint density at radius 3 is 2.33 bits per heavy atom. The van der Waals surface area contributed by atoms with Crippen LogP contribution in [0.15, 0.2) is 12.1 Å². The molecular weight excluding hydrogens is 268 g/mol. The molecule has 0 spiro atoms. The van der Waals surface area contributed by atoms with Crippen molar-refractivity contribution >= 4 is 8.07 Å². The number of fused-ring (bicyclic) bond motifs is 1. The smallest absolute Gasteiger partial charge is 0.0550 e. The first-order chi connectivity index (χ1) is 7.79. The molecule has 0 atom stereocenters. The average Bonchev–Trinajstić information content (AvgIpc) is 2.56. The van der Waals surface area contributed by atoms with Crippen molar-refractivity contribution in [2.75, 3.05) is 0 Å². The molecular formula is C16H27SiTi-. The van der Waals surface area contributed by atoms with Crippen LogP contribution in [0.2, 0.25) is 18.1 Å². The monoisotopic (exact) mass is 295 g/mol. The maximum atomic E-state index is 2.54. The number of hydrogen-bond donors (Lipinski definition) is 0. The van der Waals surface area contributed by atoms with Gasteiger partial charge in [-0.15, -0.1) is 0 Å². The van der Waals surface area contributed by atoms with E-state index in [-0.39, 0.29) is 21.7 Å². The molecule has 1 aliphatic rings. The van der Waals surface area contributed by atoms with Gasteiger partial charge in [0.1, 0.15) is 0 Å². The van der Waals surface area contributed by atoms with E-state index in [1.165, 1.54) is 31.7 Å². The van der Waals surface area contributed by atoms with Crippen LogP contribution in [0.25, 0.3) is 0 Å². The number of rotatable bonds is 2. The van der Waals surface area contributed by atoms with E-state index >= 15 is 0 Å². The molecule has 0 aromatic heterocycles. The van der Waals surface area contributed by atoms with Crippen molar-refractivity contribution in [2.24, 2.45) is 0 Å². The molecule has 2 rings (SSSR count). The van der Waals surface area contributed by atoms with Gasteiger partial charge in [-0.25, -0.2) is 6.07 Å². The van der Waals surface area contributed by atoms with Gasteiger partial charge in [-0.2, -0.15) is 22.8 Å². The molecule has 0 unspecified atom stereocenters. The topological polar surface area (TPSA) is 0 Å². The second kappa shape index (κ2) is 5.73. The summed E-state index contributed by atoms with van der Waals surface area (Å²) in [6.45, 7) is 12.3. The zero-order valence-corrected chi connectivity index (χ0v) is 15.3. The van der Waals surface area contributed by atoms with Crippen LogP contribution in [0.1, 0.15) is 50.3 Å². The van der Waals surface area contributed by atoms with E-state index in [1.54, 1.807) is 16.7 Å². The second-order valence-corrected chi connectivity index (χ2v) is 13.1. The normalized spacial score (nSPS) is 16.1. The quantitative estimate of drug-likeness (QED) is 0.539. The molecule has 100 valence electrons. The molecule has 1 aromatic carbocycles. The van der Waals surface area contributed by atoms with Crippen molar-refractivity contribution in [2.45, 2.75) is 70.6 Å². The van der Waals surface area contributed by atoms with E-state index in [0.717, 1.165) is 0 Å². The van der Waals surface area contributed by atoms with Crippen LogP contribution < -0.4 is 0 Å². The summed E-state index contributed by atoms with van der Waals surface area (Å²) in [6.07, 6.45) is 5.45. The molecule has 0 amide bonds. The predicted molar refractivity (Wildman–Crippen MR) is 79.6 cm³/mol. The minimum atomic E-state index is -1.16. The summed E-state index contributed by atoms with van der Waals surface area (Å²) < 4.78 is 0. The van der Waals surface area contributed by atoms with Gasteiger partial charge >= 0.3 is 0 Å². The maximum absolute atomic E-state index is 2.54. The molecule has 0 saturated carbocycles. The van der Waals surface area contributed by atoms with Crippen molar-refractivity contribution < 1.29 is 21.7 Å². The first kappa shape index (κ1) is 16.3. The van der Waals surface area contributed by atoms with Crippen molar-refractivity contribution in [3.8, 4) is 0 Å². The van der Waals surface area contributed by atoms with Crippen molar-refractivity contribution in [3.05, 3.63) is 28.8 Å². The Balaban J connectivity index is 0.00000162. The average molecular weight is 295 g/mol. The molecule has 0 N–H and O–H groups in total. The Morgan fingerprint density at radius 1 is 1.17 bits per heavy atom. The largest absolute Gasteiger partial charge is 0.207 e. The van der Waals surface area contributed by atoms with Crippen molar-refractivity contribution in [1.29, 1.82) is 0 Å². The van der Waals surface area contributed by atoms with Crippen molar-refractivity contribution in [1.82, 2.24) is 0 Å². The molecule has 18 heavy (non-hydrogen) atoms. The van der Waals surface area contributed by atoms with Gasteiger partial charge in [0.25, 0.3) is 0 Å². The molecule has 0 fully saturated rings. The molecule has 1 aromatic rings. The SMILES string of the molecule is CC(C)(C)[Si](C)(C)Cc1cc2c([cH-]1)CCCC2.[Ti]. The number of hydrogen-bond acceptors (Lipinski definition) is 0. The van der Waals surface area contributed by atoms with Crippen LogP contribution in [0.5, 0.6) is 0 Å². The van der Waals surface area contributed by atoms with Gasteiger partial charge in [0.15, 0.2) is 0 Å². The summed E-state index contributed by atoms with van der Waals surface area (Å²) in [7, 11) is -1.16. The number of aryl methyl sites for hydroxylation is 2. The summed E-state index contributed by atoms with van der Waals surface area (Å²) in [5.41, 5.74) is 4.94. The van der Waals surface area contributed by atoms with E-state index < -0.39 is 8.07 Å². The third kappa shape index (κ3) is 3.43. The predicted octanol–water partition coefficient (Wildman–Crippen LogP) is 4.87. The Labute approximate surface area is 129 Å². The minimum absolute atomic E-state index is 0. The van der Waals surface area contributed by atoms with Crippen molar-refractivity contribution in [3.63, 3.8) is 0 Å². The summed E-state index contributed by atoms with van der Waals surface area (Å²) in [6, 6.07) is 6.37. The van der Waals surface area contributed by atoms with Crippen LogP contribution in [0.4, 0.5) is 0 Å². The zero-order chi connectivity index (χ0) is 12.7.